The molecule has 1 atom stereocenters. The van der Waals surface area contributed by atoms with Gasteiger partial charge in [-0.2, -0.15) is 0 Å². The molecule has 0 N–H and O–H groups in total. The summed E-state index contributed by atoms with van der Waals surface area (Å²) >= 11 is 0. The molecule has 4 nitrogen and oxygen atoms in total. The molecule has 28 heavy (non-hydrogen) atoms. The maximum absolute atomic E-state index is 13.2. The van der Waals surface area contributed by atoms with Crippen LogP contribution in [0.1, 0.15) is 30.1 Å². The van der Waals surface area contributed by atoms with E-state index in [4.69, 9.17) is 4.98 Å². The largest absolute Gasteiger partial charge is 0.305 e. The summed E-state index contributed by atoms with van der Waals surface area (Å²) in [6.07, 6.45) is 9.92. The zero-order valence-electron chi connectivity index (χ0n) is 15.5. The van der Waals surface area contributed by atoms with Crippen LogP contribution in [0.3, 0.4) is 0 Å². The quantitative estimate of drug-likeness (QED) is 0.512. The summed E-state index contributed by atoms with van der Waals surface area (Å²) in [5.41, 5.74) is 5.62. The molecule has 0 radical (unpaired) electrons. The van der Waals surface area contributed by atoms with Crippen molar-refractivity contribution < 1.29 is 4.39 Å². The second-order valence-corrected chi connectivity index (χ2v) is 7.34. The Morgan fingerprint density at radius 3 is 2.75 bits per heavy atom. The van der Waals surface area contributed by atoms with E-state index in [9.17, 15) is 4.39 Å². The van der Waals surface area contributed by atoms with Gasteiger partial charge in [0.1, 0.15) is 5.82 Å². The Hall–Kier alpha value is -3.05. The number of rotatable bonds is 4. The second-order valence-electron chi connectivity index (χ2n) is 7.34. The number of aromatic nitrogens is 3. The molecule has 4 heterocycles. The van der Waals surface area contributed by atoms with Gasteiger partial charge in [0.05, 0.1) is 23.6 Å². The first kappa shape index (κ1) is 17.1. The zero-order chi connectivity index (χ0) is 18.9. The van der Waals surface area contributed by atoms with Gasteiger partial charge < -0.3 is 4.40 Å². The number of halogens is 1. The minimum absolute atomic E-state index is 0.189. The van der Waals surface area contributed by atoms with E-state index < -0.39 is 0 Å². The number of fused-ring (bicyclic) bond motifs is 1. The molecule has 0 aliphatic carbocycles. The van der Waals surface area contributed by atoms with Gasteiger partial charge in [0.15, 0.2) is 0 Å². The molecule has 5 rings (SSSR count). The summed E-state index contributed by atoms with van der Waals surface area (Å²) < 4.78 is 15.3. The average Bonchev–Trinajstić information content (AvgIpc) is 3.36. The number of likely N-dealkylation sites (tertiary alicyclic amines) is 1. The van der Waals surface area contributed by atoms with Gasteiger partial charge in [-0.15, -0.1) is 0 Å². The summed E-state index contributed by atoms with van der Waals surface area (Å²) in [6.45, 7) is 1.85. The van der Waals surface area contributed by atoms with E-state index >= 15 is 0 Å². The van der Waals surface area contributed by atoms with Crippen LogP contribution in [-0.2, 0) is 6.54 Å². The highest BCUT2D eigenvalue weighted by atomic mass is 19.1. The Morgan fingerprint density at radius 2 is 1.93 bits per heavy atom. The van der Waals surface area contributed by atoms with Crippen LogP contribution in [-0.4, -0.2) is 25.8 Å². The average molecular weight is 372 g/mol. The Morgan fingerprint density at radius 1 is 1.04 bits per heavy atom. The molecule has 3 aromatic heterocycles. The molecule has 0 bridgehead atoms. The van der Waals surface area contributed by atoms with Crippen molar-refractivity contribution in [2.75, 3.05) is 6.54 Å². The third-order valence-electron chi connectivity index (χ3n) is 5.53. The summed E-state index contributed by atoms with van der Waals surface area (Å²) in [5.74, 6) is -0.189. The van der Waals surface area contributed by atoms with Gasteiger partial charge in [0.2, 0.25) is 0 Å². The normalized spacial score (nSPS) is 17.4. The maximum atomic E-state index is 13.2. The van der Waals surface area contributed by atoms with Crippen molar-refractivity contribution in [1.82, 2.24) is 19.3 Å². The Labute approximate surface area is 163 Å². The predicted molar refractivity (Wildman–Crippen MR) is 107 cm³/mol. The molecule has 1 aromatic carbocycles. The molecule has 4 aromatic rings. The fourth-order valence-electron chi connectivity index (χ4n) is 4.13. The highest BCUT2D eigenvalue weighted by molar-refractivity contribution is 5.66. The molecule has 140 valence electrons. The summed E-state index contributed by atoms with van der Waals surface area (Å²) in [6, 6.07) is 15.4. The highest BCUT2D eigenvalue weighted by Crippen LogP contribution is 2.35. The van der Waals surface area contributed by atoms with Crippen LogP contribution >= 0.6 is 0 Å². The smallest absolute Gasteiger partial charge is 0.123 e. The van der Waals surface area contributed by atoms with Gasteiger partial charge in [-0.05, 0) is 54.8 Å². The SMILES string of the molecule is Fc1ccc(CN2CCC[C@H]2c2ncn3cc(-c4cccnc4)ccc23)cc1. The molecular formula is C23H21FN4. The first-order valence-corrected chi connectivity index (χ1v) is 9.63. The van der Waals surface area contributed by atoms with Crippen molar-refractivity contribution in [3.8, 4) is 11.1 Å². The van der Waals surface area contributed by atoms with Crippen LogP contribution in [0.25, 0.3) is 16.6 Å². The van der Waals surface area contributed by atoms with Gasteiger partial charge in [-0.25, -0.2) is 9.37 Å². The van der Waals surface area contributed by atoms with Crippen LogP contribution in [0.2, 0.25) is 0 Å². The van der Waals surface area contributed by atoms with E-state index in [0.717, 1.165) is 53.8 Å². The van der Waals surface area contributed by atoms with Crippen molar-refractivity contribution in [3.05, 3.63) is 90.5 Å². The van der Waals surface area contributed by atoms with Crippen LogP contribution < -0.4 is 0 Å². The standard InChI is InChI=1S/C23H21FN4/c24-20-8-5-17(6-9-20)14-27-12-2-4-21(27)23-22-10-7-19(15-28(22)16-26-23)18-3-1-11-25-13-18/h1,3,5-11,13,15-16,21H,2,4,12,14H2/t21-/m0/s1. The van der Waals surface area contributed by atoms with Crippen LogP contribution in [0.15, 0.2) is 73.4 Å². The Kier molecular flexibility index (Phi) is 4.37. The summed E-state index contributed by atoms with van der Waals surface area (Å²) in [4.78, 5) is 11.4. The summed E-state index contributed by atoms with van der Waals surface area (Å²) in [7, 11) is 0. The molecule has 0 spiro atoms. The van der Waals surface area contributed by atoms with Gasteiger partial charge in [0, 0.05) is 30.7 Å². The maximum Gasteiger partial charge on any atom is 0.123 e. The molecule has 0 amide bonds. The van der Waals surface area contributed by atoms with Gasteiger partial charge in [-0.3, -0.25) is 9.88 Å². The first-order valence-electron chi connectivity index (χ1n) is 9.63. The monoisotopic (exact) mass is 372 g/mol. The van der Waals surface area contributed by atoms with Crippen molar-refractivity contribution in [2.45, 2.75) is 25.4 Å². The molecule has 1 fully saturated rings. The van der Waals surface area contributed by atoms with Gasteiger partial charge in [0.25, 0.3) is 0 Å². The number of imidazole rings is 1. The molecule has 0 saturated carbocycles. The Balaban J connectivity index is 1.44. The van der Waals surface area contributed by atoms with E-state index in [1.807, 2.05) is 30.7 Å². The lowest BCUT2D eigenvalue weighted by Gasteiger charge is -2.23. The van der Waals surface area contributed by atoms with Gasteiger partial charge in [-0.1, -0.05) is 24.3 Å². The predicted octanol–water partition coefficient (Wildman–Crippen LogP) is 4.87. The van der Waals surface area contributed by atoms with E-state index in [1.165, 1.54) is 12.1 Å². The molecule has 0 unspecified atom stereocenters. The fourth-order valence-corrected chi connectivity index (χ4v) is 4.13. The van der Waals surface area contributed by atoms with Gasteiger partial charge >= 0.3 is 0 Å². The van der Waals surface area contributed by atoms with E-state index in [2.05, 4.69) is 38.7 Å². The number of pyridine rings is 2. The minimum Gasteiger partial charge on any atom is -0.305 e. The number of nitrogens with zero attached hydrogens (tertiary/aromatic N) is 4. The second kappa shape index (κ2) is 7.17. The third-order valence-corrected chi connectivity index (χ3v) is 5.53. The highest BCUT2D eigenvalue weighted by Gasteiger charge is 2.29. The lowest BCUT2D eigenvalue weighted by atomic mass is 10.1. The topological polar surface area (TPSA) is 33.4 Å². The molecule has 5 heteroatoms. The number of benzene rings is 1. The van der Waals surface area contributed by atoms with E-state index in [0.29, 0.717) is 6.04 Å². The van der Waals surface area contributed by atoms with Crippen LogP contribution in [0.4, 0.5) is 4.39 Å². The van der Waals surface area contributed by atoms with Crippen LogP contribution in [0, 0.1) is 5.82 Å². The third kappa shape index (κ3) is 3.18. The lowest BCUT2D eigenvalue weighted by molar-refractivity contribution is 0.246. The van der Waals surface area contributed by atoms with Crippen molar-refractivity contribution >= 4 is 5.52 Å². The van der Waals surface area contributed by atoms with Crippen LogP contribution in [0.5, 0.6) is 0 Å². The number of hydrogen-bond donors (Lipinski definition) is 0. The molecule has 1 aliphatic rings. The Bertz CT molecular complexity index is 1090. The zero-order valence-corrected chi connectivity index (χ0v) is 15.5. The van der Waals surface area contributed by atoms with Crippen molar-refractivity contribution in [1.29, 1.82) is 0 Å². The lowest BCUT2D eigenvalue weighted by Crippen LogP contribution is -2.23. The van der Waals surface area contributed by atoms with Crippen molar-refractivity contribution in [3.63, 3.8) is 0 Å². The molecular weight excluding hydrogens is 351 g/mol. The molecule has 1 saturated heterocycles. The van der Waals surface area contributed by atoms with Crippen molar-refractivity contribution in [2.24, 2.45) is 0 Å². The summed E-state index contributed by atoms with van der Waals surface area (Å²) in [5, 5.41) is 0. The van der Waals surface area contributed by atoms with E-state index in [-0.39, 0.29) is 5.82 Å². The van der Waals surface area contributed by atoms with E-state index in [1.54, 1.807) is 6.20 Å². The number of hydrogen-bond acceptors (Lipinski definition) is 3. The first-order chi connectivity index (χ1) is 13.8. The molecule has 1 aliphatic heterocycles. The minimum atomic E-state index is -0.189. The fraction of sp³-hybridized carbons (Fsp3) is 0.217.